The lowest BCUT2D eigenvalue weighted by Gasteiger charge is -2.61. The number of hydrogen-bond donors (Lipinski definition) is 2. The molecule has 4 aliphatic carbocycles. The lowest BCUT2D eigenvalue weighted by Crippen LogP contribution is -2.54. The third-order valence-electron chi connectivity index (χ3n) is 15.0. The van der Waals surface area contributed by atoms with Gasteiger partial charge in [-0.15, -0.1) is 0 Å². The van der Waals surface area contributed by atoms with Crippen LogP contribution in [0.3, 0.4) is 0 Å². The first-order valence-corrected chi connectivity index (χ1v) is 22.2. The second kappa shape index (κ2) is 23.1. The number of aliphatic hydroxyl groups is 1. The van der Waals surface area contributed by atoms with E-state index in [-0.39, 0.29) is 6.10 Å². The van der Waals surface area contributed by atoms with Gasteiger partial charge < -0.3 is 10.2 Å². The van der Waals surface area contributed by atoms with Crippen molar-refractivity contribution in [1.29, 1.82) is 0 Å². The zero-order chi connectivity index (χ0) is 38.0. The molecule has 0 heterocycles. The molecular formula is C49H82O3. The molecule has 0 aromatic heterocycles. The van der Waals surface area contributed by atoms with Crippen LogP contribution >= 0.6 is 0 Å². The first-order valence-electron chi connectivity index (χ1n) is 22.2. The summed E-state index contributed by atoms with van der Waals surface area (Å²) >= 11 is 0. The Hall–Kier alpha value is -1.87. The lowest BCUT2D eigenvalue weighted by molar-refractivity contribution is -0.131. The maximum Gasteiger partial charge on any atom is 0.328 e. The molecule has 3 heteroatoms. The number of carbonyl (C=O) groups is 1. The van der Waals surface area contributed by atoms with Crippen molar-refractivity contribution in [3.63, 3.8) is 0 Å². The lowest BCUT2D eigenvalue weighted by atomic mass is 9.44. The Bertz CT molecular complexity index is 1160. The van der Waals surface area contributed by atoms with Gasteiger partial charge in [0.15, 0.2) is 0 Å². The minimum Gasteiger partial charge on any atom is -0.478 e. The molecule has 4 fully saturated rings. The van der Waals surface area contributed by atoms with Crippen LogP contribution in [0.25, 0.3) is 0 Å². The molecule has 0 amide bonds. The van der Waals surface area contributed by atoms with Crippen molar-refractivity contribution in [3.05, 3.63) is 60.8 Å². The number of aliphatic carboxylic acids is 1. The highest BCUT2D eigenvalue weighted by molar-refractivity contribution is 5.80. The number of rotatable bonds is 19. The molecule has 0 spiro atoms. The van der Waals surface area contributed by atoms with E-state index in [2.05, 4.69) is 60.6 Å². The van der Waals surface area contributed by atoms with Crippen LogP contribution in [0.2, 0.25) is 0 Å². The van der Waals surface area contributed by atoms with E-state index in [4.69, 9.17) is 5.11 Å². The molecule has 0 aromatic carbocycles. The number of hydrogen-bond acceptors (Lipinski definition) is 2. The van der Waals surface area contributed by atoms with Gasteiger partial charge in [0.25, 0.3) is 0 Å². The molecular weight excluding hydrogens is 637 g/mol. The Morgan fingerprint density at radius 3 is 1.98 bits per heavy atom. The summed E-state index contributed by atoms with van der Waals surface area (Å²) in [5.74, 6) is 6.41. The molecule has 4 aliphatic rings. The molecule has 3 nitrogen and oxygen atoms in total. The van der Waals surface area contributed by atoms with Gasteiger partial charge in [-0.25, -0.2) is 4.79 Å². The summed E-state index contributed by atoms with van der Waals surface area (Å²) < 4.78 is 0. The summed E-state index contributed by atoms with van der Waals surface area (Å²) in [6, 6.07) is 0. The molecule has 52 heavy (non-hydrogen) atoms. The average molecular weight is 719 g/mol. The highest BCUT2D eigenvalue weighted by Crippen LogP contribution is 2.68. The summed E-state index contributed by atoms with van der Waals surface area (Å²) in [6.45, 7) is 17.5. The van der Waals surface area contributed by atoms with Crippen LogP contribution in [0.1, 0.15) is 177 Å². The van der Waals surface area contributed by atoms with Gasteiger partial charge in [0.1, 0.15) is 0 Å². The summed E-state index contributed by atoms with van der Waals surface area (Å²) in [6.07, 6.45) is 45.3. The van der Waals surface area contributed by atoms with Crippen molar-refractivity contribution in [2.24, 2.45) is 58.2 Å². The number of aliphatic hydroxyl groups excluding tert-OH is 1. The number of carboxylic acids is 1. The van der Waals surface area contributed by atoms with Crippen molar-refractivity contribution in [3.8, 4) is 0 Å². The van der Waals surface area contributed by atoms with Gasteiger partial charge in [-0.2, -0.15) is 0 Å². The van der Waals surface area contributed by atoms with E-state index in [1.807, 2.05) is 24.3 Å². The fourth-order valence-electron chi connectivity index (χ4n) is 11.8. The predicted octanol–water partition coefficient (Wildman–Crippen LogP) is 14.1. The normalized spacial score (nSPS) is 33.1. The summed E-state index contributed by atoms with van der Waals surface area (Å²) in [7, 11) is 0. The van der Waals surface area contributed by atoms with E-state index in [9.17, 15) is 9.90 Å². The van der Waals surface area contributed by atoms with Crippen molar-refractivity contribution in [2.45, 2.75) is 183 Å². The SMILES string of the molecule is CCCCCCCCCC=CC=CC=CC=CC=CC(=O)O.CC[C@H](CC[C@@H](C)[C@H]1CC[C@H]2[C@@H]3CCC4CC(O)CC[C@]4(C)[C@H]3CC[C@]12C)C(C)C. The van der Waals surface area contributed by atoms with Gasteiger partial charge in [0.05, 0.1) is 6.10 Å². The van der Waals surface area contributed by atoms with Crippen LogP contribution < -0.4 is 0 Å². The Morgan fingerprint density at radius 1 is 0.712 bits per heavy atom. The van der Waals surface area contributed by atoms with Gasteiger partial charge >= 0.3 is 5.97 Å². The van der Waals surface area contributed by atoms with Gasteiger partial charge in [0, 0.05) is 6.08 Å². The molecule has 2 N–H and O–H groups in total. The van der Waals surface area contributed by atoms with E-state index in [0.717, 1.165) is 72.7 Å². The van der Waals surface area contributed by atoms with Gasteiger partial charge in [-0.05, 0) is 135 Å². The van der Waals surface area contributed by atoms with Crippen molar-refractivity contribution < 1.29 is 15.0 Å². The van der Waals surface area contributed by atoms with Gasteiger partial charge in [0.2, 0.25) is 0 Å². The number of carboxylic acid groups (broad SMARTS) is 1. The third-order valence-corrected chi connectivity index (χ3v) is 15.0. The summed E-state index contributed by atoms with van der Waals surface area (Å²) in [5, 5.41) is 18.7. The topological polar surface area (TPSA) is 57.5 Å². The highest BCUT2D eigenvalue weighted by atomic mass is 16.4. The Morgan fingerprint density at radius 2 is 1.33 bits per heavy atom. The standard InChI is InChI=1S/C29H52O.C20H30O2/c1-7-21(19(2)3)9-8-20(4)25-12-13-26-24-11-10-22-18-23(30)14-16-28(22,5)27(24)15-17-29(25,26)6;1-2-3-4-5-6-7-8-9-10-11-12-13-14-15-16-17-18-19-20(21)22/h19-27,30H,7-18H2,1-6H3;10-19H,2-9H2,1H3,(H,21,22)/t20-,21-,22?,23?,24+,25-,26+,27+,28+,29-;/m1./s1. The largest absolute Gasteiger partial charge is 0.478 e. The summed E-state index contributed by atoms with van der Waals surface area (Å²) in [4.78, 5) is 10.2. The zero-order valence-corrected chi connectivity index (χ0v) is 34.9. The zero-order valence-electron chi connectivity index (χ0n) is 34.9. The van der Waals surface area contributed by atoms with Crippen LogP contribution in [0.4, 0.5) is 0 Å². The average Bonchev–Trinajstić information content (AvgIpc) is 3.47. The van der Waals surface area contributed by atoms with E-state index in [1.54, 1.807) is 12.2 Å². The number of allylic oxidation sites excluding steroid dienone is 9. The van der Waals surface area contributed by atoms with Gasteiger partial charge in [-0.1, -0.05) is 155 Å². The minimum atomic E-state index is -0.931. The maximum atomic E-state index is 10.3. The molecule has 2 unspecified atom stereocenters. The monoisotopic (exact) mass is 719 g/mol. The Labute approximate surface area is 322 Å². The fourth-order valence-corrected chi connectivity index (χ4v) is 11.8. The van der Waals surface area contributed by atoms with Crippen molar-refractivity contribution >= 4 is 5.97 Å². The van der Waals surface area contributed by atoms with E-state index >= 15 is 0 Å². The minimum absolute atomic E-state index is 0.0111. The Balaban J connectivity index is 0.000000297. The van der Waals surface area contributed by atoms with Crippen LogP contribution in [0.5, 0.6) is 0 Å². The molecule has 0 saturated heterocycles. The van der Waals surface area contributed by atoms with Crippen LogP contribution in [-0.4, -0.2) is 22.3 Å². The van der Waals surface area contributed by atoms with Crippen LogP contribution in [-0.2, 0) is 4.79 Å². The molecule has 296 valence electrons. The van der Waals surface area contributed by atoms with Crippen LogP contribution in [0.15, 0.2) is 60.8 Å². The third kappa shape index (κ3) is 13.2. The smallest absolute Gasteiger partial charge is 0.328 e. The molecule has 0 radical (unpaired) electrons. The molecule has 10 atom stereocenters. The second-order valence-electron chi connectivity index (χ2n) is 18.5. The molecule has 4 saturated carbocycles. The number of fused-ring (bicyclic) bond motifs is 5. The molecule has 0 aromatic rings. The first-order chi connectivity index (χ1) is 25.0. The highest BCUT2D eigenvalue weighted by Gasteiger charge is 2.60. The molecule has 0 aliphatic heterocycles. The Kier molecular flexibility index (Phi) is 19.8. The van der Waals surface area contributed by atoms with Crippen molar-refractivity contribution in [1.82, 2.24) is 0 Å². The molecule has 0 bridgehead atoms. The van der Waals surface area contributed by atoms with E-state index < -0.39 is 5.97 Å². The maximum absolute atomic E-state index is 10.3. The quantitative estimate of drug-likeness (QED) is 0.0794. The van der Waals surface area contributed by atoms with E-state index in [0.29, 0.717) is 10.8 Å². The van der Waals surface area contributed by atoms with Gasteiger partial charge in [-0.3, -0.25) is 0 Å². The van der Waals surface area contributed by atoms with Crippen molar-refractivity contribution in [2.75, 3.05) is 0 Å². The summed E-state index contributed by atoms with van der Waals surface area (Å²) in [5.41, 5.74) is 1.14. The number of unbranched alkanes of at least 4 members (excludes halogenated alkanes) is 7. The fraction of sp³-hybridized carbons (Fsp3) is 0.776. The van der Waals surface area contributed by atoms with Crippen LogP contribution in [0, 0.1) is 58.2 Å². The van der Waals surface area contributed by atoms with E-state index in [1.165, 1.54) is 115 Å². The molecule has 4 rings (SSSR count). The predicted molar refractivity (Wildman–Crippen MR) is 224 cm³/mol. The second-order valence-corrected chi connectivity index (χ2v) is 18.5. The first kappa shape index (κ1) is 44.5.